The highest BCUT2D eigenvalue weighted by Crippen LogP contribution is 2.48. The highest BCUT2D eigenvalue weighted by molar-refractivity contribution is 9.10. The molecule has 1 saturated carbocycles. The van der Waals surface area contributed by atoms with E-state index in [9.17, 15) is 14.7 Å². The molecule has 1 aliphatic heterocycles. The average molecular weight is 581 g/mol. The Morgan fingerprint density at radius 3 is 2.53 bits per heavy atom. The van der Waals surface area contributed by atoms with E-state index in [2.05, 4.69) is 33.4 Å². The highest BCUT2D eigenvalue weighted by Gasteiger charge is 2.42. The van der Waals surface area contributed by atoms with Crippen molar-refractivity contribution < 1.29 is 24.2 Å². The van der Waals surface area contributed by atoms with E-state index < -0.39 is 11.9 Å². The van der Waals surface area contributed by atoms with Gasteiger partial charge in [-0.15, -0.1) is 0 Å². The first-order valence-electron chi connectivity index (χ1n) is 13.5. The third-order valence-corrected chi connectivity index (χ3v) is 8.43. The summed E-state index contributed by atoms with van der Waals surface area (Å²) in [4.78, 5) is 27.6. The Hall–Kier alpha value is -3.06. The highest BCUT2D eigenvalue weighted by atomic mass is 79.9. The zero-order chi connectivity index (χ0) is 26.8. The van der Waals surface area contributed by atoms with Crippen LogP contribution in [0.1, 0.15) is 81.8 Å². The summed E-state index contributed by atoms with van der Waals surface area (Å²) in [5, 5.41) is 14.0. The average Bonchev–Trinajstić information content (AvgIpc) is 2.91. The van der Waals surface area contributed by atoms with Gasteiger partial charge in [0.1, 0.15) is 6.10 Å². The zero-order valence-electron chi connectivity index (χ0n) is 21.9. The molecule has 3 aliphatic rings. The minimum atomic E-state index is -0.623. The van der Waals surface area contributed by atoms with Gasteiger partial charge in [-0.25, -0.2) is 4.79 Å². The van der Waals surface area contributed by atoms with Crippen LogP contribution in [0.5, 0.6) is 11.5 Å². The second-order valence-electron chi connectivity index (χ2n) is 10.4. The molecule has 0 spiro atoms. The minimum Gasteiger partial charge on any atom is -0.503 e. The van der Waals surface area contributed by atoms with Crippen LogP contribution >= 0.6 is 15.9 Å². The number of carbonyl (C=O) groups is 2. The molecule has 7 heteroatoms. The Labute approximate surface area is 232 Å². The molecule has 6 nitrogen and oxygen atoms in total. The summed E-state index contributed by atoms with van der Waals surface area (Å²) in [5.41, 5.74) is 4.40. The Morgan fingerprint density at radius 2 is 1.82 bits per heavy atom. The molecule has 0 aromatic heterocycles. The fourth-order valence-electron chi connectivity index (χ4n) is 6.03. The van der Waals surface area contributed by atoms with Gasteiger partial charge in [0.25, 0.3) is 0 Å². The summed E-state index contributed by atoms with van der Waals surface area (Å²) in [6, 6.07) is 13.6. The summed E-state index contributed by atoms with van der Waals surface area (Å²) < 4.78 is 12.2. The molecule has 0 amide bonds. The monoisotopic (exact) mass is 579 g/mol. The smallest absolute Gasteiger partial charge is 0.337 e. The molecule has 2 aromatic carbocycles. The lowest BCUT2D eigenvalue weighted by molar-refractivity contribution is -0.146. The van der Waals surface area contributed by atoms with E-state index in [1.807, 2.05) is 32.0 Å². The lowest BCUT2D eigenvalue weighted by Gasteiger charge is -2.37. The van der Waals surface area contributed by atoms with E-state index >= 15 is 0 Å². The van der Waals surface area contributed by atoms with Crippen molar-refractivity contribution in [3.05, 3.63) is 80.6 Å². The quantitative estimate of drug-likeness (QED) is 0.366. The lowest BCUT2D eigenvalue weighted by Crippen LogP contribution is -2.37. The molecule has 1 heterocycles. The van der Waals surface area contributed by atoms with Gasteiger partial charge in [-0.2, -0.15) is 0 Å². The van der Waals surface area contributed by atoms with E-state index in [1.165, 1.54) is 0 Å². The largest absolute Gasteiger partial charge is 0.503 e. The van der Waals surface area contributed by atoms with Crippen molar-refractivity contribution in [1.29, 1.82) is 0 Å². The zero-order valence-corrected chi connectivity index (χ0v) is 23.5. The summed E-state index contributed by atoms with van der Waals surface area (Å²) in [7, 11) is 0. The number of phenols is 1. The van der Waals surface area contributed by atoms with Gasteiger partial charge in [0.05, 0.1) is 16.7 Å². The van der Waals surface area contributed by atoms with Gasteiger partial charge in [-0.1, -0.05) is 36.8 Å². The first kappa shape index (κ1) is 26.5. The molecule has 0 saturated heterocycles. The number of dihydropyridines is 1. The van der Waals surface area contributed by atoms with Crippen molar-refractivity contribution in [2.45, 2.75) is 76.7 Å². The number of Topliss-reactive ketones (excluding diaryl/α,β-unsaturated/α-hetero) is 1. The molecule has 200 valence electrons. The number of benzene rings is 2. The third-order valence-electron chi connectivity index (χ3n) is 7.83. The number of esters is 1. The molecular formula is C31H34BrNO5. The van der Waals surface area contributed by atoms with Crippen molar-refractivity contribution in [3.8, 4) is 11.5 Å². The number of aromatic hydroxyl groups is 1. The number of hydrogen-bond acceptors (Lipinski definition) is 6. The Morgan fingerprint density at radius 1 is 1.08 bits per heavy atom. The molecular weight excluding hydrogens is 546 g/mol. The van der Waals surface area contributed by atoms with Crippen LogP contribution in [0.3, 0.4) is 0 Å². The summed E-state index contributed by atoms with van der Waals surface area (Å²) in [6.07, 6.45) is 5.91. The maximum absolute atomic E-state index is 13.9. The van der Waals surface area contributed by atoms with Gasteiger partial charge in [-0.3, -0.25) is 4.79 Å². The predicted molar refractivity (Wildman–Crippen MR) is 149 cm³/mol. The van der Waals surface area contributed by atoms with E-state index in [4.69, 9.17) is 9.47 Å². The number of ether oxygens (including phenoxy) is 2. The predicted octanol–water partition coefficient (Wildman–Crippen LogP) is 6.79. The van der Waals surface area contributed by atoms with E-state index in [0.717, 1.165) is 43.4 Å². The number of halogens is 1. The van der Waals surface area contributed by atoms with Crippen LogP contribution in [0.2, 0.25) is 0 Å². The van der Waals surface area contributed by atoms with Crippen molar-refractivity contribution in [1.82, 2.24) is 5.32 Å². The van der Waals surface area contributed by atoms with Crippen LogP contribution in [-0.2, 0) is 14.3 Å². The SMILES string of the molecule is CCOc1cc([C@@H]2C(C(=O)OC3CCCCC3)=C(C)NC3=C2C(=O)C[C@@H](c2ccccc2)C3)cc(Br)c1O. The molecule has 0 bridgehead atoms. The minimum absolute atomic E-state index is 0.00937. The van der Waals surface area contributed by atoms with Crippen molar-refractivity contribution in [2.24, 2.45) is 0 Å². The first-order valence-corrected chi connectivity index (χ1v) is 14.3. The van der Waals surface area contributed by atoms with Gasteiger partial charge in [0.2, 0.25) is 0 Å². The number of rotatable bonds is 6. The number of nitrogens with one attached hydrogen (secondary N) is 1. The summed E-state index contributed by atoms with van der Waals surface area (Å²) >= 11 is 3.45. The molecule has 1 fully saturated rings. The van der Waals surface area contributed by atoms with Crippen molar-refractivity contribution in [2.75, 3.05) is 6.61 Å². The normalized spacial score (nSPS) is 22.1. The van der Waals surface area contributed by atoms with E-state index in [1.54, 1.807) is 12.1 Å². The molecule has 0 radical (unpaired) electrons. The summed E-state index contributed by atoms with van der Waals surface area (Å²) in [5.74, 6) is -0.647. The molecule has 2 atom stereocenters. The van der Waals surface area contributed by atoms with Crippen LogP contribution in [0, 0.1) is 0 Å². The number of carbonyl (C=O) groups excluding carboxylic acids is 2. The third kappa shape index (κ3) is 5.26. The van der Waals surface area contributed by atoms with Crippen LogP contribution in [-0.4, -0.2) is 29.6 Å². The molecule has 2 aromatic rings. The van der Waals surface area contributed by atoms with Crippen LogP contribution < -0.4 is 10.1 Å². The van der Waals surface area contributed by atoms with Crippen LogP contribution in [0.15, 0.2) is 69.5 Å². The van der Waals surface area contributed by atoms with Gasteiger partial charge >= 0.3 is 5.97 Å². The van der Waals surface area contributed by atoms with Crippen LogP contribution in [0.4, 0.5) is 0 Å². The fraction of sp³-hybridized carbons (Fsp3) is 0.419. The molecule has 2 N–H and O–H groups in total. The number of allylic oxidation sites excluding steroid dienone is 3. The molecule has 2 aliphatic carbocycles. The molecule has 38 heavy (non-hydrogen) atoms. The van der Waals surface area contributed by atoms with Crippen molar-refractivity contribution in [3.63, 3.8) is 0 Å². The Balaban J connectivity index is 1.59. The Kier molecular flexibility index (Phi) is 7.93. The van der Waals surface area contributed by atoms with Gasteiger partial charge in [-0.05, 0) is 91.1 Å². The second kappa shape index (κ2) is 11.4. The van der Waals surface area contributed by atoms with Crippen molar-refractivity contribution >= 4 is 27.7 Å². The van der Waals surface area contributed by atoms with Crippen LogP contribution in [0.25, 0.3) is 0 Å². The van der Waals surface area contributed by atoms with Gasteiger partial charge in [0.15, 0.2) is 17.3 Å². The summed E-state index contributed by atoms with van der Waals surface area (Å²) in [6.45, 7) is 4.09. The van der Waals surface area contributed by atoms with Gasteiger partial charge < -0.3 is 19.9 Å². The topological polar surface area (TPSA) is 84.9 Å². The second-order valence-corrected chi connectivity index (χ2v) is 11.2. The lowest BCUT2D eigenvalue weighted by atomic mass is 9.71. The molecule has 5 rings (SSSR count). The Bertz CT molecular complexity index is 1290. The van der Waals surface area contributed by atoms with E-state index in [-0.39, 0.29) is 23.6 Å². The maximum atomic E-state index is 13.9. The number of ketones is 1. The molecule has 0 unspecified atom stereocenters. The fourth-order valence-corrected chi connectivity index (χ4v) is 6.49. The maximum Gasteiger partial charge on any atom is 0.337 e. The standard InChI is InChI=1S/C31H34BrNO5/c1-3-37-26-17-21(14-23(32)30(26)35)28-27(31(36)38-22-12-8-5-9-13-22)18(2)33-24-15-20(16-25(34)29(24)28)19-10-6-4-7-11-19/h4,6-7,10-11,14,17,20,22,28,33,35H,3,5,8-9,12-13,15-16H2,1-2H3/t20-,28+/m0/s1. The number of phenolic OH excluding ortho intramolecular Hbond substituents is 1. The first-order chi connectivity index (χ1) is 18.4. The number of hydrogen-bond donors (Lipinski definition) is 2. The van der Waals surface area contributed by atoms with E-state index in [0.29, 0.717) is 52.1 Å². The van der Waals surface area contributed by atoms with Gasteiger partial charge in [0, 0.05) is 29.3 Å².